The van der Waals surface area contributed by atoms with Gasteiger partial charge in [-0.15, -0.1) is 5.10 Å². The summed E-state index contributed by atoms with van der Waals surface area (Å²) < 4.78 is 1.22. The van der Waals surface area contributed by atoms with Crippen molar-refractivity contribution in [1.82, 2.24) is 19.7 Å². The highest BCUT2D eigenvalue weighted by molar-refractivity contribution is 7.19. The van der Waals surface area contributed by atoms with E-state index in [2.05, 4.69) is 55.9 Å². The van der Waals surface area contributed by atoms with Crippen LogP contribution < -0.4 is 4.90 Å². The zero-order valence-electron chi connectivity index (χ0n) is 28.9. The first-order chi connectivity index (χ1) is 23.4. The number of nitriles is 1. The monoisotopic (exact) mass is 661 g/mol. The van der Waals surface area contributed by atoms with Gasteiger partial charge in [0.15, 0.2) is 16.8 Å². The van der Waals surface area contributed by atoms with Gasteiger partial charge < -0.3 is 4.90 Å². The summed E-state index contributed by atoms with van der Waals surface area (Å²) in [7, 11) is 0. The number of hydrogen-bond acceptors (Lipinski definition) is 8. The third kappa shape index (κ3) is 7.82. The van der Waals surface area contributed by atoms with Gasteiger partial charge in [-0.3, -0.25) is 4.79 Å². The van der Waals surface area contributed by atoms with Crippen LogP contribution in [0, 0.1) is 23.2 Å². The number of rotatable bonds is 16. The first-order valence-corrected chi connectivity index (χ1v) is 18.3. The van der Waals surface area contributed by atoms with Crippen LogP contribution in [0.5, 0.6) is 0 Å². The molecule has 0 N–H and O–H groups in total. The summed E-state index contributed by atoms with van der Waals surface area (Å²) >= 11 is 1.58. The van der Waals surface area contributed by atoms with Gasteiger partial charge in [-0.25, -0.2) is 15.0 Å². The second-order valence-corrected chi connectivity index (χ2v) is 13.6. The number of aliphatic imine (C=N–C) groups is 1. The highest BCUT2D eigenvalue weighted by Gasteiger charge is 2.33. The molecule has 1 aliphatic heterocycles. The van der Waals surface area contributed by atoms with Crippen molar-refractivity contribution in [3.63, 3.8) is 0 Å². The highest BCUT2D eigenvalue weighted by Crippen LogP contribution is 2.42. The standard InChI is InChI=1S/C39H47N7OS/c1-6-10-18-28(8-3)25-45(26-29(9-4)19-11-7-2)39-42-34(30-20-14-12-15-21-30)37(48-39)41-33-27(5)32(24-40)38(47)46-36(33)43-35(44-46)31-22-16-13-17-23-31/h12-17,20-23,28-29H,6-11,18-19,25-26H2,1-5H3. The molecule has 250 valence electrons. The highest BCUT2D eigenvalue weighted by atomic mass is 32.1. The van der Waals surface area contributed by atoms with Gasteiger partial charge in [-0.05, 0) is 31.6 Å². The number of benzene rings is 2. The van der Waals surface area contributed by atoms with Crippen molar-refractivity contribution in [2.45, 2.75) is 86.0 Å². The third-order valence-electron chi connectivity index (χ3n) is 9.27. The summed E-state index contributed by atoms with van der Waals surface area (Å²) in [4.78, 5) is 31.3. The van der Waals surface area contributed by atoms with Crippen molar-refractivity contribution in [2.24, 2.45) is 16.8 Å². The first kappa shape index (κ1) is 34.9. The maximum atomic E-state index is 13.4. The van der Waals surface area contributed by atoms with E-state index in [9.17, 15) is 10.1 Å². The molecule has 48 heavy (non-hydrogen) atoms. The number of aromatic nitrogens is 4. The second-order valence-electron chi connectivity index (χ2n) is 12.7. The Balaban J connectivity index is 1.66. The molecule has 0 amide bonds. The van der Waals surface area contributed by atoms with Gasteiger partial charge in [0.1, 0.15) is 28.0 Å². The van der Waals surface area contributed by atoms with Gasteiger partial charge in [-0.2, -0.15) is 9.94 Å². The molecule has 2 unspecified atom stereocenters. The van der Waals surface area contributed by atoms with E-state index < -0.39 is 5.91 Å². The lowest BCUT2D eigenvalue weighted by atomic mass is 9.96. The fourth-order valence-corrected chi connectivity index (χ4v) is 7.21. The third-order valence-corrected chi connectivity index (χ3v) is 10.3. The SMILES string of the molecule is CCCCC(CC)CN(CC(CC)CCCC)c1nc(-c2ccccc2)c(N=C2C(C)=C(C#N)C(=O)n3nc(-c4ccccc4)nc32)s1. The molecule has 2 aromatic heterocycles. The van der Waals surface area contributed by atoms with Crippen molar-refractivity contribution in [1.29, 1.82) is 5.26 Å². The molecule has 5 rings (SSSR count). The van der Waals surface area contributed by atoms with Crippen LogP contribution in [0.3, 0.4) is 0 Å². The molecule has 0 saturated heterocycles. The number of carbonyl (C=O) groups is 1. The lowest BCUT2D eigenvalue weighted by Gasteiger charge is -2.30. The average Bonchev–Trinajstić information content (AvgIpc) is 3.76. The summed E-state index contributed by atoms with van der Waals surface area (Å²) in [6.45, 7) is 12.8. The number of anilines is 1. The summed E-state index contributed by atoms with van der Waals surface area (Å²) in [6, 6.07) is 21.8. The summed E-state index contributed by atoms with van der Waals surface area (Å²) in [5, 5.41) is 16.3. The smallest absolute Gasteiger partial charge is 0.291 e. The Morgan fingerprint density at radius 1 is 0.875 bits per heavy atom. The molecule has 0 bridgehead atoms. The summed E-state index contributed by atoms with van der Waals surface area (Å²) in [6.07, 6.45) is 9.50. The van der Waals surface area contributed by atoms with Crippen molar-refractivity contribution >= 4 is 33.1 Å². The van der Waals surface area contributed by atoms with Crippen LogP contribution in [-0.2, 0) is 0 Å². The van der Waals surface area contributed by atoms with Crippen LogP contribution >= 0.6 is 11.3 Å². The molecule has 2 aromatic carbocycles. The van der Waals surface area contributed by atoms with Crippen LogP contribution in [0.4, 0.5) is 10.1 Å². The van der Waals surface area contributed by atoms with Crippen LogP contribution in [0.2, 0.25) is 0 Å². The number of carbonyl (C=O) groups excluding carboxylic acids is 1. The van der Waals surface area contributed by atoms with E-state index in [0.29, 0.717) is 34.8 Å². The van der Waals surface area contributed by atoms with E-state index in [1.54, 1.807) is 18.3 Å². The largest absolute Gasteiger partial charge is 0.347 e. The molecule has 8 nitrogen and oxygen atoms in total. The van der Waals surface area contributed by atoms with Crippen LogP contribution in [0.25, 0.3) is 22.6 Å². The van der Waals surface area contributed by atoms with E-state index >= 15 is 0 Å². The maximum Gasteiger partial charge on any atom is 0.291 e. The summed E-state index contributed by atoms with van der Waals surface area (Å²) in [5.41, 5.74) is 3.50. The molecule has 0 spiro atoms. The molecule has 0 aliphatic carbocycles. The number of allylic oxidation sites excluding steroid dienone is 2. The van der Waals surface area contributed by atoms with E-state index in [1.807, 2.05) is 48.5 Å². The maximum absolute atomic E-state index is 13.4. The van der Waals surface area contributed by atoms with Gasteiger partial charge in [0, 0.05) is 29.8 Å². The topological polar surface area (TPSA) is 100 Å². The van der Waals surface area contributed by atoms with E-state index in [1.165, 1.54) is 43.2 Å². The Bertz CT molecular complexity index is 1760. The molecule has 3 heterocycles. The van der Waals surface area contributed by atoms with Crippen LogP contribution in [-0.4, -0.2) is 44.5 Å². The van der Waals surface area contributed by atoms with Crippen molar-refractivity contribution in [3.05, 3.63) is 77.6 Å². The van der Waals surface area contributed by atoms with Crippen LogP contribution in [0.1, 0.15) is 96.6 Å². The molecule has 0 saturated carbocycles. The number of fused-ring (bicyclic) bond motifs is 1. The minimum atomic E-state index is -0.492. The predicted octanol–water partition coefficient (Wildman–Crippen LogP) is 9.92. The Labute approximate surface area is 289 Å². The molecule has 9 heteroatoms. The van der Waals surface area contributed by atoms with E-state index in [0.717, 1.165) is 52.9 Å². The Morgan fingerprint density at radius 2 is 1.46 bits per heavy atom. The molecular formula is C39H47N7OS. The number of hydrogen-bond donors (Lipinski definition) is 0. The van der Waals surface area contributed by atoms with Gasteiger partial charge in [-0.1, -0.05) is 138 Å². The zero-order chi connectivity index (χ0) is 34.0. The Morgan fingerprint density at radius 3 is 2.00 bits per heavy atom. The first-order valence-electron chi connectivity index (χ1n) is 17.5. The average molecular weight is 662 g/mol. The minimum absolute atomic E-state index is 0.0156. The molecule has 0 radical (unpaired) electrons. The van der Waals surface area contributed by atoms with Crippen LogP contribution in [0.15, 0.2) is 76.8 Å². The van der Waals surface area contributed by atoms with E-state index in [-0.39, 0.29) is 5.57 Å². The predicted molar refractivity (Wildman–Crippen MR) is 197 cm³/mol. The minimum Gasteiger partial charge on any atom is -0.347 e. The van der Waals surface area contributed by atoms with Gasteiger partial charge in [0.25, 0.3) is 5.91 Å². The fraction of sp³-hybridized carbons (Fsp3) is 0.436. The van der Waals surface area contributed by atoms with Gasteiger partial charge in [0.05, 0.1) is 0 Å². The van der Waals surface area contributed by atoms with Crippen molar-refractivity contribution < 1.29 is 4.79 Å². The Kier molecular flexibility index (Phi) is 12.1. The summed E-state index contributed by atoms with van der Waals surface area (Å²) in [5.74, 6) is 1.41. The van der Waals surface area contributed by atoms with Gasteiger partial charge in [0.2, 0.25) is 0 Å². The molecule has 0 fully saturated rings. The Hall–Kier alpha value is -4.42. The van der Waals surface area contributed by atoms with Crippen molar-refractivity contribution in [2.75, 3.05) is 18.0 Å². The van der Waals surface area contributed by atoms with Gasteiger partial charge >= 0.3 is 0 Å². The number of nitrogens with zero attached hydrogens (tertiary/aromatic N) is 7. The second kappa shape index (κ2) is 16.6. The number of unbranched alkanes of at least 4 members (excludes halogenated alkanes) is 2. The molecule has 2 atom stereocenters. The molecule has 1 aliphatic rings. The normalized spacial score (nSPS) is 15.0. The lowest BCUT2D eigenvalue weighted by molar-refractivity contribution is 0.0942. The molecular weight excluding hydrogens is 615 g/mol. The fourth-order valence-electron chi connectivity index (χ4n) is 6.22. The lowest BCUT2D eigenvalue weighted by Crippen LogP contribution is -2.34. The quantitative estimate of drug-likeness (QED) is 0.118. The van der Waals surface area contributed by atoms with Crippen molar-refractivity contribution in [3.8, 4) is 28.7 Å². The number of thiazole rings is 1. The molecule has 4 aromatic rings. The zero-order valence-corrected chi connectivity index (χ0v) is 29.8. The van der Waals surface area contributed by atoms with E-state index in [4.69, 9.17) is 15.0 Å².